The molecule has 1 amide bonds. The lowest BCUT2D eigenvalue weighted by Gasteiger charge is -2.35. The topological polar surface area (TPSA) is 66.6 Å². The van der Waals surface area contributed by atoms with Crippen molar-refractivity contribution in [1.29, 1.82) is 0 Å². The van der Waals surface area contributed by atoms with Crippen LogP contribution in [-0.2, 0) is 4.74 Å². The normalized spacial score (nSPS) is 15.8. The molecule has 1 aliphatic rings. The van der Waals surface area contributed by atoms with Gasteiger partial charge < -0.3 is 19.8 Å². The Morgan fingerprint density at radius 3 is 2.60 bits per heavy atom. The number of H-pyrrole nitrogens is 1. The summed E-state index contributed by atoms with van der Waals surface area (Å²) in [5.41, 5.74) is 5.22. The summed E-state index contributed by atoms with van der Waals surface area (Å²) in [7, 11) is 1.67. The van der Waals surface area contributed by atoms with Gasteiger partial charge in [0.05, 0.1) is 26.4 Å². The molecular weight excluding hydrogens is 378 g/mol. The van der Waals surface area contributed by atoms with E-state index in [1.807, 2.05) is 30.3 Å². The minimum atomic E-state index is -0.0538. The lowest BCUT2D eigenvalue weighted by molar-refractivity contribution is 0.0162. The van der Waals surface area contributed by atoms with Crippen LogP contribution in [0.2, 0.25) is 0 Å². The molecule has 0 aliphatic carbocycles. The molecule has 0 bridgehead atoms. The minimum absolute atomic E-state index is 0.0538. The molecule has 1 atom stereocenters. The summed E-state index contributed by atoms with van der Waals surface area (Å²) < 4.78 is 10.8. The number of carbonyl (C=O) groups excluding carboxylic acids is 1. The van der Waals surface area contributed by atoms with E-state index in [0.717, 1.165) is 41.0 Å². The third kappa shape index (κ3) is 4.20. The predicted molar refractivity (Wildman–Crippen MR) is 118 cm³/mol. The van der Waals surface area contributed by atoms with Crippen LogP contribution in [-0.4, -0.2) is 55.7 Å². The highest BCUT2D eigenvalue weighted by atomic mass is 16.5. The van der Waals surface area contributed by atoms with Gasteiger partial charge in [-0.3, -0.25) is 9.69 Å². The molecule has 1 aromatic heterocycles. The number of ether oxygens (including phenoxy) is 2. The van der Waals surface area contributed by atoms with Crippen molar-refractivity contribution in [3.63, 3.8) is 0 Å². The van der Waals surface area contributed by atoms with Crippen LogP contribution >= 0.6 is 0 Å². The number of aryl methyl sites for hydroxylation is 2. The number of aromatic nitrogens is 1. The highest BCUT2D eigenvalue weighted by molar-refractivity contribution is 5.99. The molecule has 0 saturated carbocycles. The van der Waals surface area contributed by atoms with Crippen LogP contribution < -0.4 is 10.1 Å². The molecule has 1 aliphatic heterocycles. The maximum atomic E-state index is 12.9. The summed E-state index contributed by atoms with van der Waals surface area (Å²) in [6, 6.07) is 14.0. The van der Waals surface area contributed by atoms with E-state index in [0.29, 0.717) is 25.3 Å². The average molecular weight is 408 g/mol. The standard InChI is InChI=1S/C24H29N3O3/c1-16-17(2)26-22-9-6-19(14-21(16)22)24(28)25-15-23(27-10-12-30-13-11-27)18-4-7-20(29-3)8-5-18/h4-9,14,23,26H,10-13,15H2,1-3H3,(H,25,28). The first-order valence-corrected chi connectivity index (χ1v) is 10.4. The largest absolute Gasteiger partial charge is 0.497 e. The summed E-state index contributed by atoms with van der Waals surface area (Å²) in [6.07, 6.45) is 0. The van der Waals surface area contributed by atoms with Crippen LogP contribution in [0.1, 0.15) is 33.2 Å². The number of benzene rings is 2. The summed E-state index contributed by atoms with van der Waals surface area (Å²) in [5.74, 6) is 0.774. The average Bonchev–Trinajstić information content (AvgIpc) is 3.08. The zero-order valence-corrected chi connectivity index (χ0v) is 17.8. The van der Waals surface area contributed by atoms with Crippen molar-refractivity contribution in [3.8, 4) is 5.75 Å². The number of rotatable bonds is 6. The molecule has 1 unspecified atom stereocenters. The maximum Gasteiger partial charge on any atom is 0.251 e. The fraction of sp³-hybridized carbons (Fsp3) is 0.375. The molecule has 30 heavy (non-hydrogen) atoms. The molecule has 1 saturated heterocycles. The van der Waals surface area contributed by atoms with Crippen LogP contribution in [0.4, 0.5) is 0 Å². The van der Waals surface area contributed by atoms with Gasteiger partial charge in [0, 0.05) is 41.8 Å². The Morgan fingerprint density at radius 2 is 1.90 bits per heavy atom. The Kier molecular flexibility index (Phi) is 6.06. The van der Waals surface area contributed by atoms with Crippen LogP contribution in [0.3, 0.4) is 0 Å². The van der Waals surface area contributed by atoms with Crippen LogP contribution in [0.15, 0.2) is 42.5 Å². The number of hydrogen-bond acceptors (Lipinski definition) is 4. The molecule has 0 radical (unpaired) electrons. The molecule has 4 rings (SSSR count). The van der Waals surface area contributed by atoms with Gasteiger partial charge in [-0.2, -0.15) is 0 Å². The Morgan fingerprint density at radius 1 is 1.17 bits per heavy atom. The molecule has 0 spiro atoms. The van der Waals surface area contributed by atoms with Crippen LogP contribution in [0.5, 0.6) is 5.75 Å². The van der Waals surface area contributed by atoms with E-state index in [1.54, 1.807) is 7.11 Å². The first-order chi connectivity index (χ1) is 14.6. The van der Waals surface area contributed by atoms with E-state index in [9.17, 15) is 4.79 Å². The molecule has 158 valence electrons. The number of nitrogens with one attached hydrogen (secondary N) is 2. The number of hydrogen-bond donors (Lipinski definition) is 2. The molecule has 2 heterocycles. The highest BCUT2D eigenvalue weighted by Gasteiger charge is 2.23. The van der Waals surface area contributed by atoms with E-state index in [1.165, 1.54) is 5.56 Å². The second-order valence-electron chi connectivity index (χ2n) is 7.78. The van der Waals surface area contributed by atoms with Gasteiger partial charge in [-0.25, -0.2) is 0 Å². The second-order valence-corrected chi connectivity index (χ2v) is 7.78. The summed E-state index contributed by atoms with van der Waals surface area (Å²) >= 11 is 0. The molecular formula is C24H29N3O3. The Bertz CT molecular complexity index is 1020. The molecule has 3 aromatic rings. The zero-order valence-electron chi connectivity index (χ0n) is 17.8. The van der Waals surface area contributed by atoms with E-state index in [2.05, 4.69) is 41.2 Å². The number of morpholine rings is 1. The molecule has 6 heteroatoms. The van der Waals surface area contributed by atoms with Gasteiger partial charge in [0.2, 0.25) is 0 Å². The van der Waals surface area contributed by atoms with Crippen LogP contribution in [0, 0.1) is 13.8 Å². The fourth-order valence-corrected chi connectivity index (χ4v) is 4.07. The van der Waals surface area contributed by atoms with Crippen molar-refractivity contribution < 1.29 is 14.3 Å². The molecule has 2 aromatic carbocycles. The number of fused-ring (bicyclic) bond motifs is 1. The number of methoxy groups -OCH3 is 1. The first kappa shape index (κ1) is 20.4. The van der Waals surface area contributed by atoms with Crippen LogP contribution in [0.25, 0.3) is 10.9 Å². The van der Waals surface area contributed by atoms with E-state index < -0.39 is 0 Å². The smallest absolute Gasteiger partial charge is 0.251 e. The summed E-state index contributed by atoms with van der Waals surface area (Å²) in [4.78, 5) is 18.7. The zero-order chi connectivity index (χ0) is 21.1. The van der Waals surface area contributed by atoms with E-state index in [4.69, 9.17) is 9.47 Å². The second kappa shape index (κ2) is 8.90. The Labute approximate surface area is 177 Å². The lowest BCUT2D eigenvalue weighted by Crippen LogP contribution is -2.43. The van der Waals surface area contributed by atoms with Gasteiger partial charge in [-0.05, 0) is 55.3 Å². The van der Waals surface area contributed by atoms with Crippen molar-refractivity contribution in [3.05, 3.63) is 64.8 Å². The van der Waals surface area contributed by atoms with Gasteiger partial charge in [-0.1, -0.05) is 12.1 Å². The van der Waals surface area contributed by atoms with Crippen molar-refractivity contribution >= 4 is 16.8 Å². The lowest BCUT2D eigenvalue weighted by atomic mass is 10.0. The van der Waals surface area contributed by atoms with Gasteiger partial charge in [0.25, 0.3) is 5.91 Å². The third-order valence-electron chi connectivity index (χ3n) is 6.01. The molecule has 2 N–H and O–H groups in total. The number of aromatic amines is 1. The van der Waals surface area contributed by atoms with Crippen molar-refractivity contribution in [2.45, 2.75) is 19.9 Å². The third-order valence-corrected chi connectivity index (χ3v) is 6.01. The summed E-state index contributed by atoms with van der Waals surface area (Å²) in [5, 5.41) is 4.25. The van der Waals surface area contributed by atoms with Gasteiger partial charge in [-0.15, -0.1) is 0 Å². The van der Waals surface area contributed by atoms with Gasteiger partial charge in [0.1, 0.15) is 5.75 Å². The van der Waals surface area contributed by atoms with Gasteiger partial charge >= 0.3 is 0 Å². The number of nitrogens with zero attached hydrogens (tertiary/aromatic N) is 1. The number of carbonyl (C=O) groups is 1. The van der Waals surface area contributed by atoms with E-state index in [-0.39, 0.29) is 11.9 Å². The molecule has 1 fully saturated rings. The van der Waals surface area contributed by atoms with Crippen molar-refractivity contribution in [2.75, 3.05) is 40.0 Å². The first-order valence-electron chi connectivity index (χ1n) is 10.4. The Balaban J connectivity index is 1.52. The molecule has 6 nitrogen and oxygen atoms in total. The maximum absolute atomic E-state index is 12.9. The highest BCUT2D eigenvalue weighted by Crippen LogP contribution is 2.25. The SMILES string of the molecule is COc1ccc(C(CNC(=O)c2ccc3[nH]c(C)c(C)c3c2)N2CCOCC2)cc1. The monoisotopic (exact) mass is 407 g/mol. The van der Waals surface area contributed by atoms with Gasteiger partial charge in [0.15, 0.2) is 0 Å². The Hall–Kier alpha value is -2.83. The summed E-state index contributed by atoms with van der Waals surface area (Å²) in [6.45, 7) is 7.78. The minimum Gasteiger partial charge on any atom is -0.497 e. The number of amides is 1. The predicted octanol–water partition coefficient (Wildman–Crippen LogP) is 3.60. The van der Waals surface area contributed by atoms with Crippen molar-refractivity contribution in [1.82, 2.24) is 15.2 Å². The van der Waals surface area contributed by atoms with E-state index >= 15 is 0 Å². The van der Waals surface area contributed by atoms with Crippen molar-refractivity contribution in [2.24, 2.45) is 0 Å². The quantitative estimate of drug-likeness (QED) is 0.655. The fourth-order valence-electron chi connectivity index (χ4n) is 4.07.